The van der Waals surface area contributed by atoms with Crippen molar-refractivity contribution in [3.63, 3.8) is 0 Å². The van der Waals surface area contributed by atoms with Gasteiger partial charge >= 0.3 is 0 Å². The molecule has 3 heterocycles. The second-order valence-corrected chi connectivity index (χ2v) is 9.06. The molecule has 2 nitrogen and oxygen atoms in total. The molecular formula is C27H30ClNO. The molecule has 1 atom stereocenters. The van der Waals surface area contributed by atoms with Crippen molar-refractivity contribution in [2.45, 2.75) is 25.0 Å². The normalized spacial score (nSPS) is 25.5. The summed E-state index contributed by atoms with van der Waals surface area (Å²) in [6, 6.07) is 31.6. The van der Waals surface area contributed by atoms with Crippen molar-refractivity contribution in [3.05, 3.63) is 108 Å². The van der Waals surface area contributed by atoms with Crippen molar-refractivity contribution < 1.29 is 22.0 Å². The first-order valence-electron chi connectivity index (χ1n) is 10.9. The number of hydrogen-bond donors (Lipinski definition) is 1. The van der Waals surface area contributed by atoms with E-state index in [4.69, 9.17) is 0 Å². The van der Waals surface area contributed by atoms with Crippen molar-refractivity contribution in [1.29, 1.82) is 0 Å². The Morgan fingerprint density at radius 3 is 1.70 bits per heavy atom. The van der Waals surface area contributed by atoms with Gasteiger partial charge < -0.3 is 22.0 Å². The summed E-state index contributed by atoms with van der Waals surface area (Å²) in [4.78, 5) is 0. The van der Waals surface area contributed by atoms with E-state index in [-0.39, 0.29) is 18.3 Å². The van der Waals surface area contributed by atoms with Crippen LogP contribution in [0.2, 0.25) is 0 Å². The number of aliphatic hydroxyl groups is 1. The van der Waals surface area contributed by atoms with Gasteiger partial charge in [-0.05, 0) is 17.0 Å². The summed E-state index contributed by atoms with van der Waals surface area (Å²) in [6.07, 6.45) is 2.42. The molecule has 3 aromatic carbocycles. The van der Waals surface area contributed by atoms with Crippen LogP contribution in [0, 0.1) is 11.8 Å². The molecule has 30 heavy (non-hydrogen) atoms. The van der Waals surface area contributed by atoms with E-state index >= 15 is 0 Å². The van der Waals surface area contributed by atoms with Gasteiger partial charge in [0.2, 0.25) is 0 Å². The SMILES string of the molecule is OC(c1ccccc1)(c1ccccc1)C1C[N+]2(Cc3ccccc3)CCC1CC2.[Cl-]. The highest BCUT2D eigenvalue weighted by Gasteiger charge is 2.54. The Labute approximate surface area is 186 Å². The molecule has 0 amide bonds. The number of halogens is 1. The van der Waals surface area contributed by atoms with Crippen LogP contribution in [-0.2, 0) is 12.1 Å². The summed E-state index contributed by atoms with van der Waals surface area (Å²) in [5.41, 5.74) is 2.54. The molecule has 3 heteroatoms. The maximum Gasteiger partial charge on any atom is 0.123 e. The average molecular weight is 420 g/mol. The van der Waals surface area contributed by atoms with Crippen LogP contribution in [-0.4, -0.2) is 29.2 Å². The second-order valence-electron chi connectivity index (χ2n) is 9.06. The molecule has 1 N–H and O–H groups in total. The van der Waals surface area contributed by atoms with Gasteiger partial charge in [-0.25, -0.2) is 0 Å². The third-order valence-electron chi connectivity index (χ3n) is 7.43. The monoisotopic (exact) mass is 419 g/mol. The number of hydrogen-bond acceptors (Lipinski definition) is 1. The Hall–Kier alpha value is -2.13. The molecule has 3 fully saturated rings. The molecule has 3 aromatic rings. The van der Waals surface area contributed by atoms with E-state index in [0.717, 1.165) is 28.7 Å². The van der Waals surface area contributed by atoms with Crippen molar-refractivity contribution in [2.75, 3.05) is 19.6 Å². The Morgan fingerprint density at radius 1 is 0.733 bits per heavy atom. The van der Waals surface area contributed by atoms with Gasteiger partial charge in [-0.1, -0.05) is 91.0 Å². The average Bonchev–Trinajstić information content (AvgIpc) is 2.81. The standard InChI is InChI=1S/C27H30NO.ClH/c29-27(24-12-6-2-7-13-24,25-14-8-3-9-15-25)26-21-28(18-16-23(26)17-19-28)20-22-10-4-1-5-11-22;/h1-15,23,26,29H,16-21H2;1H/q+1;/p-1. The zero-order valence-corrected chi connectivity index (χ0v) is 18.1. The van der Waals surface area contributed by atoms with Gasteiger partial charge in [-0.2, -0.15) is 0 Å². The summed E-state index contributed by atoms with van der Waals surface area (Å²) < 4.78 is 1.10. The first-order valence-corrected chi connectivity index (χ1v) is 10.9. The van der Waals surface area contributed by atoms with Gasteiger partial charge in [0, 0.05) is 24.3 Å². The minimum Gasteiger partial charge on any atom is -1.00 e. The van der Waals surface area contributed by atoms with Gasteiger partial charge in [0.25, 0.3) is 0 Å². The highest BCUT2D eigenvalue weighted by atomic mass is 35.5. The summed E-state index contributed by atoms with van der Waals surface area (Å²) in [5, 5.41) is 12.4. The fraction of sp³-hybridized carbons (Fsp3) is 0.333. The van der Waals surface area contributed by atoms with Crippen LogP contribution in [0.25, 0.3) is 0 Å². The predicted molar refractivity (Wildman–Crippen MR) is 117 cm³/mol. The van der Waals surface area contributed by atoms with E-state index in [1.165, 1.54) is 31.5 Å². The number of piperidine rings is 3. The predicted octanol–water partition coefficient (Wildman–Crippen LogP) is 1.98. The Balaban J connectivity index is 0.00000218. The summed E-state index contributed by atoms with van der Waals surface area (Å²) in [7, 11) is 0. The Morgan fingerprint density at radius 2 is 1.20 bits per heavy atom. The molecule has 0 radical (unpaired) electrons. The van der Waals surface area contributed by atoms with E-state index in [2.05, 4.69) is 78.9 Å². The number of nitrogens with zero attached hydrogens (tertiary/aromatic N) is 1. The fourth-order valence-electron chi connectivity index (χ4n) is 5.93. The molecule has 6 rings (SSSR count). The van der Waals surface area contributed by atoms with Crippen LogP contribution in [0.5, 0.6) is 0 Å². The molecule has 0 spiro atoms. The molecule has 1 unspecified atom stereocenters. The molecule has 0 saturated carbocycles. The maximum absolute atomic E-state index is 12.4. The maximum atomic E-state index is 12.4. The number of quaternary nitrogens is 1. The van der Waals surface area contributed by atoms with Crippen molar-refractivity contribution >= 4 is 0 Å². The van der Waals surface area contributed by atoms with E-state index in [1.54, 1.807) is 0 Å². The zero-order chi connectivity index (χ0) is 19.7. The first-order chi connectivity index (χ1) is 14.2. The van der Waals surface area contributed by atoms with Crippen LogP contribution in [0.1, 0.15) is 29.5 Å². The lowest BCUT2D eigenvalue weighted by molar-refractivity contribution is -0.960. The third-order valence-corrected chi connectivity index (χ3v) is 7.43. The Bertz CT molecular complexity index is 897. The van der Waals surface area contributed by atoms with Gasteiger partial charge in [0.15, 0.2) is 0 Å². The van der Waals surface area contributed by atoms with E-state index in [1.807, 2.05) is 12.1 Å². The van der Waals surface area contributed by atoms with E-state index < -0.39 is 5.60 Å². The number of fused-ring (bicyclic) bond motifs is 3. The van der Waals surface area contributed by atoms with Crippen molar-refractivity contribution in [2.24, 2.45) is 11.8 Å². The first kappa shape index (κ1) is 21.1. The molecular weight excluding hydrogens is 390 g/mol. The summed E-state index contributed by atoms with van der Waals surface area (Å²) >= 11 is 0. The molecule has 0 aliphatic carbocycles. The molecule has 3 aliphatic heterocycles. The lowest BCUT2D eigenvalue weighted by Gasteiger charge is -2.56. The van der Waals surface area contributed by atoms with E-state index in [9.17, 15) is 5.11 Å². The smallest absolute Gasteiger partial charge is 0.123 e. The van der Waals surface area contributed by atoms with Gasteiger partial charge in [0.1, 0.15) is 12.1 Å². The lowest BCUT2D eigenvalue weighted by atomic mass is 9.64. The van der Waals surface area contributed by atoms with Gasteiger partial charge in [-0.3, -0.25) is 0 Å². The molecule has 3 saturated heterocycles. The summed E-state index contributed by atoms with van der Waals surface area (Å²) in [5.74, 6) is 0.815. The topological polar surface area (TPSA) is 20.2 Å². The lowest BCUT2D eigenvalue weighted by Crippen LogP contribution is -3.00. The zero-order valence-electron chi connectivity index (χ0n) is 17.3. The van der Waals surface area contributed by atoms with Crippen LogP contribution < -0.4 is 12.4 Å². The molecule has 2 bridgehead atoms. The van der Waals surface area contributed by atoms with Crippen LogP contribution in [0.4, 0.5) is 0 Å². The molecule has 156 valence electrons. The van der Waals surface area contributed by atoms with Crippen molar-refractivity contribution in [1.82, 2.24) is 0 Å². The van der Waals surface area contributed by atoms with Crippen LogP contribution in [0.3, 0.4) is 0 Å². The van der Waals surface area contributed by atoms with Gasteiger partial charge in [-0.15, -0.1) is 0 Å². The number of rotatable bonds is 5. The molecule has 0 aromatic heterocycles. The Kier molecular flexibility index (Phi) is 6.02. The van der Waals surface area contributed by atoms with Gasteiger partial charge in [0.05, 0.1) is 19.6 Å². The van der Waals surface area contributed by atoms with E-state index in [0.29, 0.717) is 5.92 Å². The highest BCUT2D eigenvalue weighted by molar-refractivity contribution is 5.37. The van der Waals surface area contributed by atoms with Crippen LogP contribution >= 0.6 is 0 Å². The van der Waals surface area contributed by atoms with Crippen molar-refractivity contribution in [3.8, 4) is 0 Å². The van der Waals surface area contributed by atoms with Crippen LogP contribution in [0.15, 0.2) is 91.0 Å². The second kappa shape index (κ2) is 8.55. The minimum absolute atomic E-state index is 0. The largest absolute Gasteiger partial charge is 1.00 e. The third kappa shape index (κ3) is 3.69. The minimum atomic E-state index is -0.936. The number of benzene rings is 3. The fourth-order valence-corrected chi connectivity index (χ4v) is 5.93. The molecule has 3 aliphatic rings. The highest BCUT2D eigenvalue weighted by Crippen LogP contribution is 2.49. The summed E-state index contributed by atoms with van der Waals surface area (Å²) in [6.45, 7) is 4.58. The quantitative estimate of drug-likeness (QED) is 0.627.